The Hall–Kier alpha value is -1.40. The van der Waals surface area contributed by atoms with Gasteiger partial charge in [-0.25, -0.2) is 22.9 Å². The second-order valence-electron chi connectivity index (χ2n) is 4.09. The summed E-state index contributed by atoms with van der Waals surface area (Å²) in [6, 6.07) is -0.150. The average molecular weight is 407 g/mol. The van der Waals surface area contributed by atoms with Crippen LogP contribution in [-0.4, -0.2) is 42.6 Å². The van der Waals surface area contributed by atoms with Crippen molar-refractivity contribution in [2.24, 2.45) is 0 Å². The van der Waals surface area contributed by atoms with Crippen LogP contribution in [0.15, 0.2) is 16.7 Å². The molecule has 0 saturated heterocycles. The normalized spacial score (nSPS) is 13.7. The van der Waals surface area contributed by atoms with Gasteiger partial charge in [-0.05, 0) is 22.9 Å². The van der Waals surface area contributed by atoms with Gasteiger partial charge in [-0.2, -0.15) is 13.2 Å². The summed E-state index contributed by atoms with van der Waals surface area (Å²) < 4.78 is 64.8. The van der Waals surface area contributed by atoms with Crippen molar-refractivity contribution in [3.8, 4) is 5.88 Å². The number of nitrogens with one attached hydrogen (secondary N) is 1. The standard InChI is InChI=1S/C10H10BrF3N2O5S/c1-5(16-22(19,20)10(12,13)14)4-21-8-2-6(9(17)18)7(11)3-15-8/h2-3,5,16H,4H2,1H3,(H,17,18)/t5-/m0/s1. The van der Waals surface area contributed by atoms with Crippen molar-refractivity contribution in [1.82, 2.24) is 9.71 Å². The number of carboxylic acids is 1. The minimum atomic E-state index is -5.48. The van der Waals surface area contributed by atoms with Crippen molar-refractivity contribution >= 4 is 31.9 Å². The van der Waals surface area contributed by atoms with Crippen LogP contribution in [0, 0.1) is 0 Å². The lowest BCUT2D eigenvalue weighted by Crippen LogP contribution is -2.43. The molecule has 0 aliphatic rings. The molecule has 1 rings (SSSR count). The van der Waals surface area contributed by atoms with Crippen LogP contribution < -0.4 is 9.46 Å². The van der Waals surface area contributed by atoms with E-state index in [0.717, 1.165) is 19.2 Å². The van der Waals surface area contributed by atoms with Crippen LogP contribution in [0.25, 0.3) is 0 Å². The molecule has 1 atom stereocenters. The van der Waals surface area contributed by atoms with Gasteiger partial charge in [0, 0.05) is 12.3 Å². The maximum Gasteiger partial charge on any atom is 0.511 e. The van der Waals surface area contributed by atoms with Gasteiger partial charge in [-0.3, -0.25) is 0 Å². The molecule has 0 aromatic carbocycles. The van der Waals surface area contributed by atoms with E-state index in [2.05, 4.69) is 20.9 Å². The van der Waals surface area contributed by atoms with Crippen molar-refractivity contribution in [1.29, 1.82) is 0 Å². The summed E-state index contributed by atoms with van der Waals surface area (Å²) in [4.78, 5) is 14.6. The van der Waals surface area contributed by atoms with Crippen molar-refractivity contribution in [2.75, 3.05) is 6.61 Å². The highest BCUT2D eigenvalue weighted by Crippen LogP contribution is 2.22. The number of pyridine rings is 1. The van der Waals surface area contributed by atoms with Gasteiger partial charge in [0.15, 0.2) is 0 Å². The Morgan fingerprint density at radius 3 is 2.64 bits per heavy atom. The number of aromatic nitrogens is 1. The third-order valence-electron chi connectivity index (χ3n) is 2.20. The summed E-state index contributed by atoms with van der Waals surface area (Å²) in [5.74, 6) is -1.43. The average Bonchev–Trinajstić information content (AvgIpc) is 2.35. The molecule has 0 aliphatic carbocycles. The molecule has 0 saturated carbocycles. The lowest BCUT2D eigenvalue weighted by atomic mass is 10.3. The second kappa shape index (κ2) is 6.79. The van der Waals surface area contributed by atoms with Gasteiger partial charge < -0.3 is 9.84 Å². The van der Waals surface area contributed by atoms with Gasteiger partial charge in [-0.15, -0.1) is 0 Å². The Morgan fingerprint density at radius 2 is 2.14 bits per heavy atom. The first kappa shape index (κ1) is 18.6. The monoisotopic (exact) mass is 406 g/mol. The third kappa shape index (κ3) is 4.81. The fourth-order valence-corrected chi connectivity index (χ4v) is 2.36. The molecule has 0 bridgehead atoms. The maximum absolute atomic E-state index is 12.2. The lowest BCUT2D eigenvalue weighted by molar-refractivity contribution is -0.0451. The number of sulfonamides is 1. The summed E-state index contributed by atoms with van der Waals surface area (Å²) >= 11 is 2.96. The van der Waals surface area contributed by atoms with Crippen LogP contribution in [0.1, 0.15) is 17.3 Å². The molecular formula is C10H10BrF3N2O5S. The number of hydrogen-bond acceptors (Lipinski definition) is 5. The zero-order chi connectivity index (χ0) is 17.1. The maximum atomic E-state index is 12.2. The van der Waals surface area contributed by atoms with E-state index in [-0.39, 0.29) is 15.9 Å². The van der Waals surface area contributed by atoms with Gasteiger partial charge >= 0.3 is 21.5 Å². The highest BCUT2D eigenvalue weighted by atomic mass is 79.9. The van der Waals surface area contributed by atoms with E-state index in [4.69, 9.17) is 9.84 Å². The molecule has 12 heteroatoms. The van der Waals surface area contributed by atoms with E-state index in [1.54, 1.807) is 0 Å². The van der Waals surface area contributed by atoms with Crippen LogP contribution in [0.5, 0.6) is 5.88 Å². The fraction of sp³-hybridized carbons (Fsp3) is 0.400. The largest absolute Gasteiger partial charge is 0.511 e. The molecular weight excluding hydrogens is 397 g/mol. The summed E-state index contributed by atoms with van der Waals surface area (Å²) in [5, 5.41) is 8.88. The Labute approximate surface area is 131 Å². The first-order chi connectivity index (χ1) is 9.94. The van der Waals surface area contributed by atoms with Gasteiger partial charge in [0.05, 0.1) is 16.1 Å². The SMILES string of the molecule is C[C@@H](COc1cc(C(=O)O)c(Br)cn1)NS(=O)(=O)C(F)(F)F. The smallest absolute Gasteiger partial charge is 0.478 e. The molecule has 0 unspecified atom stereocenters. The number of ether oxygens (including phenoxy) is 1. The Kier molecular flexibility index (Phi) is 5.76. The van der Waals surface area contributed by atoms with Crippen molar-refractivity contribution in [3.63, 3.8) is 0 Å². The Balaban J connectivity index is 2.71. The molecule has 0 amide bonds. The number of carboxylic acid groups (broad SMARTS) is 1. The first-order valence-corrected chi connectivity index (χ1v) is 7.82. The molecule has 124 valence electrons. The van der Waals surface area contributed by atoms with E-state index < -0.39 is 34.1 Å². The molecule has 0 radical (unpaired) electrons. The molecule has 22 heavy (non-hydrogen) atoms. The van der Waals surface area contributed by atoms with Gasteiger partial charge in [0.1, 0.15) is 6.61 Å². The molecule has 7 nitrogen and oxygen atoms in total. The van der Waals surface area contributed by atoms with Crippen molar-refractivity contribution < 1.29 is 36.2 Å². The predicted octanol–water partition coefficient (Wildman–Crippen LogP) is 1.75. The van der Waals surface area contributed by atoms with E-state index in [0.29, 0.717) is 0 Å². The van der Waals surface area contributed by atoms with Crippen LogP contribution in [0.3, 0.4) is 0 Å². The number of nitrogens with zero attached hydrogens (tertiary/aromatic N) is 1. The van der Waals surface area contributed by atoms with E-state index in [1.807, 2.05) is 0 Å². The van der Waals surface area contributed by atoms with Gasteiger partial charge in [0.2, 0.25) is 5.88 Å². The van der Waals surface area contributed by atoms with Crippen LogP contribution >= 0.6 is 15.9 Å². The summed E-state index contributed by atoms with van der Waals surface area (Å²) in [7, 11) is -5.48. The van der Waals surface area contributed by atoms with E-state index >= 15 is 0 Å². The number of halogens is 4. The van der Waals surface area contributed by atoms with Gasteiger partial charge in [-0.1, -0.05) is 0 Å². The van der Waals surface area contributed by atoms with Crippen molar-refractivity contribution in [3.05, 3.63) is 22.3 Å². The molecule has 0 spiro atoms. The molecule has 0 aliphatic heterocycles. The Bertz CT molecular complexity index is 665. The molecule has 1 aromatic rings. The second-order valence-corrected chi connectivity index (χ2v) is 6.65. The Morgan fingerprint density at radius 1 is 1.55 bits per heavy atom. The minimum Gasteiger partial charge on any atom is -0.478 e. The van der Waals surface area contributed by atoms with Crippen LogP contribution in [0.4, 0.5) is 13.2 Å². The number of rotatable bonds is 6. The third-order valence-corrected chi connectivity index (χ3v) is 4.16. The quantitative estimate of drug-likeness (QED) is 0.745. The topological polar surface area (TPSA) is 106 Å². The lowest BCUT2D eigenvalue weighted by Gasteiger charge is -2.16. The molecule has 1 aromatic heterocycles. The summed E-state index contributed by atoms with van der Waals surface area (Å²) in [5.41, 5.74) is -5.58. The minimum absolute atomic E-state index is 0.159. The fourth-order valence-electron chi connectivity index (χ4n) is 1.24. The highest BCUT2D eigenvalue weighted by molar-refractivity contribution is 9.10. The molecule has 0 fully saturated rings. The zero-order valence-corrected chi connectivity index (χ0v) is 13.3. The van der Waals surface area contributed by atoms with Crippen molar-refractivity contribution in [2.45, 2.75) is 18.5 Å². The van der Waals surface area contributed by atoms with Crippen LogP contribution in [0.2, 0.25) is 0 Å². The summed E-state index contributed by atoms with van der Waals surface area (Å²) in [6.45, 7) is 0.684. The van der Waals surface area contributed by atoms with E-state index in [1.165, 1.54) is 4.72 Å². The summed E-state index contributed by atoms with van der Waals surface area (Å²) in [6.07, 6.45) is 1.14. The number of aromatic carboxylic acids is 1. The predicted molar refractivity (Wildman–Crippen MR) is 72.0 cm³/mol. The molecule has 1 heterocycles. The van der Waals surface area contributed by atoms with Gasteiger partial charge in [0.25, 0.3) is 0 Å². The number of carbonyl (C=O) groups is 1. The van der Waals surface area contributed by atoms with Crippen LogP contribution in [-0.2, 0) is 10.0 Å². The highest BCUT2D eigenvalue weighted by Gasteiger charge is 2.46. The number of hydrogen-bond donors (Lipinski definition) is 2. The zero-order valence-electron chi connectivity index (χ0n) is 10.9. The number of alkyl halides is 3. The van der Waals surface area contributed by atoms with E-state index in [9.17, 15) is 26.4 Å². The first-order valence-electron chi connectivity index (χ1n) is 5.54. The molecule has 2 N–H and O–H groups in total.